The Morgan fingerprint density at radius 1 is 1.64 bits per heavy atom. The molecule has 0 saturated carbocycles. The van der Waals surface area contributed by atoms with Crippen molar-refractivity contribution in [3.05, 3.63) is 12.2 Å². The van der Waals surface area contributed by atoms with Crippen LogP contribution in [0.25, 0.3) is 0 Å². The van der Waals surface area contributed by atoms with E-state index in [4.69, 9.17) is 5.11 Å². The fourth-order valence-corrected chi connectivity index (χ4v) is 2.01. The Kier molecular flexibility index (Phi) is 4.14. The van der Waals surface area contributed by atoms with Crippen molar-refractivity contribution < 1.29 is 9.90 Å². The Labute approximate surface area is 85.4 Å². The molecule has 0 aromatic rings. The van der Waals surface area contributed by atoms with Crippen LogP contribution in [0.3, 0.4) is 0 Å². The smallest absolute Gasteiger partial charge is 0.307 e. The SMILES string of the molecule is C=C(CC(=O)O)C1CCCN(CC)C1. The molecule has 1 rings (SSSR count). The molecule has 3 nitrogen and oxygen atoms in total. The van der Waals surface area contributed by atoms with Crippen molar-refractivity contribution in [2.24, 2.45) is 5.92 Å². The van der Waals surface area contributed by atoms with E-state index in [-0.39, 0.29) is 6.42 Å². The van der Waals surface area contributed by atoms with Crippen LogP contribution in [0.5, 0.6) is 0 Å². The highest BCUT2D eigenvalue weighted by atomic mass is 16.4. The van der Waals surface area contributed by atoms with Gasteiger partial charge in [0.1, 0.15) is 0 Å². The number of rotatable bonds is 4. The first-order valence-electron chi connectivity index (χ1n) is 5.25. The molecule has 0 aromatic carbocycles. The molecule has 14 heavy (non-hydrogen) atoms. The Bertz CT molecular complexity index is 225. The van der Waals surface area contributed by atoms with E-state index in [2.05, 4.69) is 18.4 Å². The molecule has 0 bridgehead atoms. The van der Waals surface area contributed by atoms with Gasteiger partial charge in [0, 0.05) is 6.54 Å². The van der Waals surface area contributed by atoms with Crippen LogP contribution in [0.4, 0.5) is 0 Å². The molecule has 1 heterocycles. The third-order valence-electron chi connectivity index (χ3n) is 2.91. The summed E-state index contributed by atoms with van der Waals surface area (Å²) in [6.45, 7) is 9.21. The van der Waals surface area contributed by atoms with Gasteiger partial charge in [0.2, 0.25) is 0 Å². The number of carboxylic acids is 1. The molecule has 1 aliphatic heterocycles. The standard InChI is InChI=1S/C11H19NO2/c1-3-12-6-4-5-10(8-12)9(2)7-11(13)14/h10H,2-8H2,1H3,(H,13,14). The second kappa shape index (κ2) is 5.15. The molecule has 0 aromatic heterocycles. The minimum atomic E-state index is -0.761. The number of piperidine rings is 1. The molecular weight excluding hydrogens is 178 g/mol. The van der Waals surface area contributed by atoms with Crippen molar-refractivity contribution in [3.8, 4) is 0 Å². The fourth-order valence-electron chi connectivity index (χ4n) is 2.01. The Morgan fingerprint density at radius 3 is 2.93 bits per heavy atom. The summed E-state index contributed by atoms with van der Waals surface area (Å²) in [6.07, 6.45) is 2.39. The van der Waals surface area contributed by atoms with Gasteiger partial charge in [-0.1, -0.05) is 19.1 Å². The number of hydrogen-bond donors (Lipinski definition) is 1. The Morgan fingerprint density at radius 2 is 2.36 bits per heavy atom. The maximum absolute atomic E-state index is 10.5. The van der Waals surface area contributed by atoms with Gasteiger partial charge in [-0.3, -0.25) is 4.79 Å². The van der Waals surface area contributed by atoms with Gasteiger partial charge in [0.05, 0.1) is 6.42 Å². The monoisotopic (exact) mass is 197 g/mol. The summed E-state index contributed by atoms with van der Waals surface area (Å²) >= 11 is 0. The number of aliphatic carboxylic acids is 1. The minimum Gasteiger partial charge on any atom is -0.481 e. The molecule has 1 unspecified atom stereocenters. The van der Waals surface area contributed by atoms with Crippen molar-refractivity contribution in [1.29, 1.82) is 0 Å². The molecule has 1 aliphatic rings. The van der Waals surface area contributed by atoms with Crippen LogP contribution in [0.1, 0.15) is 26.2 Å². The first-order valence-corrected chi connectivity index (χ1v) is 5.25. The molecule has 0 spiro atoms. The van der Waals surface area contributed by atoms with Gasteiger partial charge in [-0.25, -0.2) is 0 Å². The molecule has 1 saturated heterocycles. The van der Waals surface area contributed by atoms with Crippen molar-refractivity contribution in [3.63, 3.8) is 0 Å². The van der Waals surface area contributed by atoms with Gasteiger partial charge in [-0.05, 0) is 31.8 Å². The predicted octanol–water partition coefficient (Wildman–Crippen LogP) is 1.75. The molecule has 0 radical (unpaired) electrons. The van der Waals surface area contributed by atoms with Crippen molar-refractivity contribution >= 4 is 5.97 Å². The van der Waals surface area contributed by atoms with E-state index in [1.807, 2.05) is 0 Å². The fraction of sp³-hybridized carbons (Fsp3) is 0.727. The van der Waals surface area contributed by atoms with Crippen LogP contribution >= 0.6 is 0 Å². The van der Waals surface area contributed by atoms with Gasteiger partial charge in [0.25, 0.3) is 0 Å². The third-order valence-corrected chi connectivity index (χ3v) is 2.91. The lowest BCUT2D eigenvalue weighted by Gasteiger charge is -2.32. The summed E-state index contributed by atoms with van der Waals surface area (Å²) in [7, 11) is 0. The second-order valence-electron chi connectivity index (χ2n) is 3.96. The van der Waals surface area contributed by atoms with Crippen LogP contribution in [0, 0.1) is 5.92 Å². The number of carboxylic acid groups (broad SMARTS) is 1. The highest BCUT2D eigenvalue weighted by molar-refractivity contribution is 5.69. The third kappa shape index (κ3) is 3.14. The lowest BCUT2D eigenvalue weighted by molar-refractivity contribution is -0.136. The largest absolute Gasteiger partial charge is 0.481 e. The molecule has 0 amide bonds. The lowest BCUT2D eigenvalue weighted by atomic mass is 9.89. The summed E-state index contributed by atoms with van der Waals surface area (Å²) in [6, 6.07) is 0. The maximum atomic E-state index is 10.5. The van der Waals surface area contributed by atoms with Gasteiger partial charge in [-0.2, -0.15) is 0 Å². The summed E-state index contributed by atoms with van der Waals surface area (Å²) < 4.78 is 0. The second-order valence-corrected chi connectivity index (χ2v) is 3.96. The van der Waals surface area contributed by atoms with Crippen LogP contribution in [0.2, 0.25) is 0 Å². The topological polar surface area (TPSA) is 40.5 Å². The highest BCUT2D eigenvalue weighted by Gasteiger charge is 2.21. The molecule has 80 valence electrons. The van der Waals surface area contributed by atoms with E-state index >= 15 is 0 Å². The zero-order chi connectivity index (χ0) is 10.6. The first kappa shape index (κ1) is 11.2. The van der Waals surface area contributed by atoms with Gasteiger partial charge >= 0.3 is 5.97 Å². The Hall–Kier alpha value is -0.830. The van der Waals surface area contributed by atoms with Crippen molar-refractivity contribution in [2.75, 3.05) is 19.6 Å². The van der Waals surface area contributed by atoms with E-state index in [1.54, 1.807) is 0 Å². The van der Waals surface area contributed by atoms with Crippen LogP contribution in [-0.2, 0) is 4.79 Å². The molecule has 1 N–H and O–H groups in total. The number of likely N-dealkylation sites (tertiary alicyclic amines) is 1. The average molecular weight is 197 g/mol. The first-order chi connectivity index (χ1) is 6.63. The minimum absolute atomic E-state index is 0.127. The maximum Gasteiger partial charge on any atom is 0.307 e. The van der Waals surface area contributed by atoms with Crippen LogP contribution in [-0.4, -0.2) is 35.6 Å². The van der Waals surface area contributed by atoms with Crippen LogP contribution < -0.4 is 0 Å². The van der Waals surface area contributed by atoms with Crippen molar-refractivity contribution in [2.45, 2.75) is 26.2 Å². The number of nitrogens with zero attached hydrogens (tertiary/aromatic N) is 1. The highest BCUT2D eigenvalue weighted by Crippen LogP contribution is 2.24. The zero-order valence-corrected chi connectivity index (χ0v) is 8.83. The summed E-state index contributed by atoms with van der Waals surface area (Å²) in [5, 5.41) is 8.66. The van der Waals surface area contributed by atoms with E-state index in [0.29, 0.717) is 5.92 Å². The van der Waals surface area contributed by atoms with Crippen LogP contribution in [0.15, 0.2) is 12.2 Å². The van der Waals surface area contributed by atoms with E-state index in [9.17, 15) is 4.79 Å². The predicted molar refractivity (Wildman–Crippen MR) is 56.2 cm³/mol. The summed E-state index contributed by atoms with van der Waals surface area (Å²) in [5.74, 6) is -0.372. The normalized spacial score (nSPS) is 23.4. The van der Waals surface area contributed by atoms with Crippen molar-refractivity contribution in [1.82, 2.24) is 4.90 Å². The van der Waals surface area contributed by atoms with E-state index < -0.39 is 5.97 Å². The molecular formula is C11H19NO2. The molecule has 1 fully saturated rings. The molecule has 0 aliphatic carbocycles. The zero-order valence-electron chi connectivity index (χ0n) is 8.83. The number of carbonyl (C=O) groups is 1. The Balaban J connectivity index is 2.43. The van der Waals surface area contributed by atoms with E-state index in [1.165, 1.54) is 0 Å². The average Bonchev–Trinajstić information content (AvgIpc) is 2.17. The molecule has 1 atom stereocenters. The van der Waals surface area contributed by atoms with Gasteiger partial charge in [0.15, 0.2) is 0 Å². The lowest BCUT2D eigenvalue weighted by Crippen LogP contribution is -2.36. The molecule has 3 heteroatoms. The number of hydrogen-bond acceptors (Lipinski definition) is 2. The summed E-state index contributed by atoms with van der Waals surface area (Å²) in [4.78, 5) is 12.9. The van der Waals surface area contributed by atoms with E-state index in [0.717, 1.165) is 38.0 Å². The summed E-state index contributed by atoms with van der Waals surface area (Å²) in [5.41, 5.74) is 0.885. The van der Waals surface area contributed by atoms with Gasteiger partial charge in [-0.15, -0.1) is 0 Å². The quantitative estimate of drug-likeness (QED) is 0.698. The van der Waals surface area contributed by atoms with Gasteiger partial charge < -0.3 is 10.0 Å².